The Morgan fingerprint density at radius 1 is 1.00 bits per heavy atom. The molecule has 1 saturated carbocycles. The molecule has 0 atom stereocenters. The van der Waals surface area contributed by atoms with E-state index in [0.29, 0.717) is 5.82 Å². The van der Waals surface area contributed by atoms with E-state index in [2.05, 4.69) is 46.3 Å². The molecular weight excluding hydrogens is 352 g/mol. The number of nitrogens with zero attached hydrogens (tertiary/aromatic N) is 3. The van der Waals surface area contributed by atoms with E-state index in [1.165, 1.54) is 18.5 Å². The molecule has 1 N–H and O–H groups in total. The average molecular weight is 383 g/mol. The first kappa shape index (κ1) is 19.0. The molecule has 0 bridgehead atoms. The van der Waals surface area contributed by atoms with Crippen LogP contribution in [0.3, 0.4) is 0 Å². The lowest BCUT2D eigenvalue weighted by Crippen LogP contribution is -2.37. The van der Waals surface area contributed by atoms with Crippen LogP contribution in [-0.2, 0) is 0 Å². The molecule has 1 aromatic heterocycles. The van der Waals surface area contributed by atoms with Crippen molar-refractivity contribution in [2.24, 2.45) is 11.8 Å². The number of benzene rings is 1. The first-order chi connectivity index (χ1) is 13.6. The highest BCUT2D eigenvalue weighted by Gasteiger charge is 2.23. The molecule has 0 unspecified atom stereocenters. The van der Waals surface area contributed by atoms with Crippen molar-refractivity contribution in [3.8, 4) is 11.4 Å². The maximum atomic E-state index is 12.4. The number of carbonyl (C=O) groups excluding carboxylic acids is 1. The van der Waals surface area contributed by atoms with E-state index in [1.54, 1.807) is 0 Å². The van der Waals surface area contributed by atoms with Crippen molar-refractivity contribution in [2.75, 3.05) is 18.0 Å². The average Bonchev–Trinajstić information content (AvgIpc) is 3.21. The topological polar surface area (TPSA) is 71.3 Å². The third kappa shape index (κ3) is 4.37. The predicted molar refractivity (Wildman–Crippen MR) is 109 cm³/mol. The summed E-state index contributed by atoms with van der Waals surface area (Å²) in [5.41, 5.74) is 2.09. The molecule has 1 aliphatic heterocycles. The lowest BCUT2D eigenvalue weighted by molar-refractivity contribution is 0.0878. The second-order valence-corrected chi connectivity index (χ2v) is 8.57. The van der Waals surface area contributed by atoms with E-state index >= 15 is 0 Å². The summed E-state index contributed by atoms with van der Waals surface area (Å²) in [6.07, 6.45) is 6.83. The minimum Gasteiger partial charge on any atom is -0.372 e. The third-order valence-electron chi connectivity index (χ3n) is 6.25. The number of amides is 1. The number of piperidine rings is 1. The fourth-order valence-electron chi connectivity index (χ4n) is 4.17. The van der Waals surface area contributed by atoms with Gasteiger partial charge in [-0.1, -0.05) is 19.0 Å². The first-order valence-corrected chi connectivity index (χ1v) is 10.6. The van der Waals surface area contributed by atoms with Gasteiger partial charge in [-0.2, -0.15) is 4.98 Å². The lowest BCUT2D eigenvalue weighted by atomic mass is 9.87. The number of hydrogen-bond acceptors (Lipinski definition) is 5. The van der Waals surface area contributed by atoms with Crippen molar-refractivity contribution in [1.29, 1.82) is 0 Å². The zero-order valence-electron chi connectivity index (χ0n) is 16.9. The molecule has 2 aromatic rings. The van der Waals surface area contributed by atoms with E-state index in [0.717, 1.165) is 56.2 Å². The fourth-order valence-corrected chi connectivity index (χ4v) is 4.17. The number of nitrogens with one attached hydrogen (secondary N) is 1. The second-order valence-electron chi connectivity index (χ2n) is 8.57. The Bertz CT molecular complexity index is 785. The molecule has 1 amide bonds. The van der Waals surface area contributed by atoms with Gasteiger partial charge in [0, 0.05) is 30.4 Å². The molecule has 1 aromatic carbocycles. The van der Waals surface area contributed by atoms with E-state index in [1.807, 2.05) is 12.1 Å². The molecule has 6 heteroatoms. The molecule has 4 rings (SSSR count). The standard InChI is InChI=1S/C22H30N4O2/c1-15-3-7-18(8-4-15)23-21(27)22-24-20(25-28-22)17-5-9-19(10-6-17)26-13-11-16(2)12-14-26/h5-6,9-10,15-16,18H,3-4,7-8,11-14H2,1-2H3,(H,23,27). The van der Waals surface area contributed by atoms with Gasteiger partial charge in [0.1, 0.15) is 0 Å². The van der Waals surface area contributed by atoms with E-state index < -0.39 is 0 Å². The normalized spacial score (nSPS) is 23.6. The number of anilines is 1. The van der Waals surface area contributed by atoms with Crippen LogP contribution >= 0.6 is 0 Å². The maximum Gasteiger partial charge on any atom is 0.316 e. The van der Waals surface area contributed by atoms with Crippen molar-refractivity contribution < 1.29 is 9.32 Å². The summed E-state index contributed by atoms with van der Waals surface area (Å²) in [6.45, 7) is 6.79. The van der Waals surface area contributed by atoms with Crippen LogP contribution in [-0.4, -0.2) is 35.2 Å². The van der Waals surface area contributed by atoms with Gasteiger partial charge in [0.2, 0.25) is 5.82 Å². The van der Waals surface area contributed by atoms with Crippen molar-refractivity contribution in [2.45, 2.75) is 58.4 Å². The van der Waals surface area contributed by atoms with Crippen LogP contribution in [0.5, 0.6) is 0 Å². The highest BCUT2D eigenvalue weighted by atomic mass is 16.5. The van der Waals surface area contributed by atoms with Gasteiger partial charge in [-0.05, 0) is 74.6 Å². The molecule has 6 nitrogen and oxygen atoms in total. The molecule has 2 fully saturated rings. The summed E-state index contributed by atoms with van der Waals surface area (Å²) in [6, 6.07) is 8.42. The summed E-state index contributed by atoms with van der Waals surface area (Å²) < 4.78 is 5.22. The molecule has 150 valence electrons. The number of carbonyl (C=O) groups is 1. The van der Waals surface area contributed by atoms with Crippen molar-refractivity contribution in [1.82, 2.24) is 15.5 Å². The summed E-state index contributed by atoms with van der Waals surface area (Å²) in [5.74, 6) is 1.80. The second kappa shape index (κ2) is 8.33. The van der Waals surface area contributed by atoms with Crippen LogP contribution < -0.4 is 10.2 Å². The molecule has 2 aliphatic rings. The highest BCUT2D eigenvalue weighted by Crippen LogP contribution is 2.26. The van der Waals surface area contributed by atoms with E-state index in [9.17, 15) is 4.79 Å². The lowest BCUT2D eigenvalue weighted by Gasteiger charge is -2.32. The zero-order chi connectivity index (χ0) is 19.5. The first-order valence-electron chi connectivity index (χ1n) is 10.6. The highest BCUT2D eigenvalue weighted by molar-refractivity contribution is 5.90. The van der Waals surface area contributed by atoms with Crippen LogP contribution in [0.25, 0.3) is 11.4 Å². The number of rotatable bonds is 4. The fraction of sp³-hybridized carbons (Fsp3) is 0.591. The van der Waals surface area contributed by atoms with Crippen LogP contribution in [0.1, 0.15) is 63.1 Å². The molecule has 28 heavy (non-hydrogen) atoms. The van der Waals surface area contributed by atoms with Gasteiger partial charge in [-0.25, -0.2) is 0 Å². The molecule has 0 spiro atoms. The minimum atomic E-state index is -0.266. The largest absolute Gasteiger partial charge is 0.372 e. The van der Waals surface area contributed by atoms with E-state index in [-0.39, 0.29) is 17.8 Å². The Morgan fingerprint density at radius 2 is 1.64 bits per heavy atom. The van der Waals surface area contributed by atoms with E-state index in [4.69, 9.17) is 4.52 Å². The van der Waals surface area contributed by atoms with Crippen molar-refractivity contribution in [3.05, 3.63) is 30.2 Å². The Morgan fingerprint density at radius 3 is 2.32 bits per heavy atom. The monoisotopic (exact) mass is 382 g/mol. The van der Waals surface area contributed by atoms with Gasteiger partial charge in [0.05, 0.1) is 0 Å². The Kier molecular flexibility index (Phi) is 5.64. The van der Waals surface area contributed by atoms with Crippen molar-refractivity contribution >= 4 is 11.6 Å². The Hall–Kier alpha value is -2.37. The van der Waals surface area contributed by atoms with Gasteiger partial charge < -0.3 is 14.7 Å². The predicted octanol–water partition coefficient (Wildman–Crippen LogP) is 4.28. The zero-order valence-corrected chi connectivity index (χ0v) is 16.9. The summed E-state index contributed by atoms with van der Waals surface area (Å²) in [5, 5.41) is 7.04. The molecule has 2 heterocycles. The van der Waals surface area contributed by atoms with Crippen LogP contribution in [0.4, 0.5) is 5.69 Å². The van der Waals surface area contributed by atoms with Gasteiger partial charge in [-0.15, -0.1) is 0 Å². The van der Waals surface area contributed by atoms with Gasteiger partial charge >= 0.3 is 11.8 Å². The summed E-state index contributed by atoms with van der Waals surface area (Å²) >= 11 is 0. The smallest absolute Gasteiger partial charge is 0.316 e. The molecular formula is C22H30N4O2. The molecule has 1 aliphatic carbocycles. The quantitative estimate of drug-likeness (QED) is 0.854. The van der Waals surface area contributed by atoms with Crippen molar-refractivity contribution in [3.63, 3.8) is 0 Å². The van der Waals surface area contributed by atoms with Crippen LogP contribution in [0.2, 0.25) is 0 Å². The molecule has 1 saturated heterocycles. The third-order valence-corrected chi connectivity index (χ3v) is 6.25. The van der Waals surface area contributed by atoms with Gasteiger partial charge in [0.15, 0.2) is 0 Å². The van der Waals surface area contributed by atoms with Gasteiger partial charge in [0.25, 0.3) is 0 Å². The maximum absolute atomic E-state index is 12.4. The minimum absolute atomic E-state index is 0.0442. The summed E-state index contributed by atoms with van der Waals surface area (Å²) in [4.78, 5) is 19.1. The van der Waals surface area contributed by atoms with Gasteiger partial charge in [-0.3, -0.25) is 4.79 Å². The van der Waals surface area contributed by atoms with Crippen LogP contribution in [0.15, 0.2) is 28.8 Å². The number of hydrogen-bond donors (Lipinski definition) is 1. The SMILES string of the molecule is CC1CCC(NC(=O)c2nc(-c3ccc(N4CCC(C)CC4)cc3)no2)CC1. The molecule has 0 radical (unpaired) electrons. The Labute approximate surface area is 166 Å². The van der Waals surface area contributed by atoms with Crippen LogP contribution in [0, 0.1) is 11.8 Å². The summed E-state index contributed by atoms with van der Waals surface area (Å²) in [7, 11) is 0. The Balaban J connectivity index is 1.37. The number of aromatic nitrogens is 2.